The van der Waals surface area contributed by atoms with Crippen LogP contribution in [0.4, 0.5) is 10.2 Å². The number of hydrogen-bond donors (Lipinski definition) is 2. The lowest BCUT2D eigenvalue weighted by Gasteiger charge is -2.16. The number of halogens is 1. The van der Waals surface area contributed by atoms with Crippen molar-refractivity contribution in [1.29, 1.82) is 0 Å². The van der Waals surface area contributed by atoms with Crippen molar-refractivity contribution in [3.8, 4) is 0 Å². The van der Waals surface area contributed by atoms with Gasteiger partial charge in [0.05, 0.1) is 0 Å². The van der Waals surface area contributed by atoms with Crippen molar-refractivity contribution in [2.75, 3.05) is 18.4 Å². The first-order valence-electron chi connectivity index (χ1n) is 6.94. The highest BCUT2D eigenvalue weighted by molar-refractivity contribution is 5.35. The Balaban J connectivity index is 1.65. The van der Waals surface area contributed by atoms with E-state index in [0.29, 0.717) is 18.4 Å². The van der Waals surface area contributed by atoms with E-state index in [9.17, 15) is 4.39 Å². The summed E-state index contributed by atoms with van der Waals surface area (Å²) in [7, 11) is 0. The summed E-state index contributed by atoms with van der Waals surface area (Å²) in [6, 6.07) is 3.67. The summed E-state index contributed by atoms with van der Waals surface area (Å²) in [6.45, 7) is 1.57. The summed E-state index contributed by atoms with van der Waals surface area (Å²) >= 11 is 0. The lowest BCUT2D eigenvalue weighted by atomic mass is 10.1. The maximum Gasteiger partial charge on any atom is 0.165 e. The second kappa shape index (κ2) is 7.31. The van der Waals surface area contributed by atoms with Crippen LogP contribution < -0.4 is 10.6 Å². The Morgan fingerprint density at radius 3 is 2.67 bits per heavy atom. The first-order chi connectivity index (χ1) is 8.86. The molecular weight excluding hydrogens is 229 g/mol. The van der Waals surface area contributed by atoms with Crippen LogP contribution in [0.25, 0.3) is 0 Å². The minimum Gasteiger partial charge on any atom is -0.366 e. The van der Waals surface area contributed by atoms with Gasteiger partial charge in [0.15, 0.2) is 11.6 Å². The van der Waals surface area contributed by atoms with Crippen molar-refractivity contribution in [2.24, 2.45) is 0 Å². The highest BCUT2D eigenvalue weighted by Crippen LogP contribution is 2.16. The Hall–Kier alpha value is -1.16. The average molecular weight is 251 g/mol. The van der Waals surface area contributed by atoms with Crippen molar-refractivity contribution in [3.05, 3.63) is 24.1 Å². The van der Waals surface area contributed by atoms with E-state index in [1.807, 2.05) is 0 Å². The molecule has 1 saturated carbocycles. The number of nitrogens with zero attached hydrogens (tertiary/aromatic N) is 1. The van der Waals surface area contributed by atoms with Crippen molar-refractivity contribution < 1.29 is 4.39 Å². The molecular formula is C14H22FN3. The molecule has 1 aliphatic carbocycles. The van der Waals surface area contributed by atoms with Crippen LogP contribution in [0.5, 0.6) is 0 Å². The summed E-state index contributed by atoms with van der Waals surface area (Å²) in [6.07, 6.45) is 9.56. The Morgan fingerprint density at radius 2 is 1.94 bits per heavy atom. The molecule has 1 aliphatic rings. The third kappa shape index (κ3) is 4.26. The zero-order valence-electron chi connectivity index (χ0n) is 10.8. The number of hydrogen-bond acceptors (Lipinski definition) is 3. The maximum atomic E-state index is 13.3. The molecule has 0 spiro atoms. The van der Waals surface area contributed by atoms with E-state index < -0.39 is 0 Å². The van der Waals surface area contributed by atoms with Crippen LogP contribution in [0.1, 0.15) is 38.5 Å². The molecule has 0 aliphatic heterocycles. The Kier molecular flexibility index (Phi) is 5.39. The van der Waals surface area contributed by atoms with Gasteiger partial charge in [-0.2, -0.15) is 0 Å². The van der Waals surface area contributed by atoms with E-state index in [0.717, 1.165) is 6.54 Å². The van der Waals surface area contributed by atoms with Crippen LogP contribution in [0.2, 0.25) is 0 Å². The molecule has 1 heterocycles. The van der Waals surface area contributed by atoms with Crippen LogP contribution in [0.3, 0.4) is 0 Å². The third-order valence-electron chi connectivity index (χ3n) is 3.46. The largest absolute Gasteiger partial charge is 0.366 e. The number of aromatic nitrogens is 1. The fourth-order valence-electron chi connectivity index (χ4n) is 2.46. The van der Waals surface area contributed by atoms with Crippen LogP contribution in [-0.2, 0) is 0 Å². The molecule has 0 amide bonds. The van der Waals surface area contributed by atoms with Gasteiger partial charge in [0.2, 0.25) is 0 Å². The fraction of sp³-hybridized carbons (Fsp3) is 0.643. The standard InChI is InChI=1S/C14H22FN3/c15-13-8-5-9-17-14(13)18-11-10-16-12-6-3-1-2-4-7-12/h5,8-9,12,16H,1-4,6-7,10-11H2,(H,17,18). The average Bonchev–Trinajstić information content (AvgIpc) is 2.65. The molecule has 1 fully saturated rings. The Labute approximate surface area is 108 Å². The van der Waals surface area contributed by atoms with E-state index in [1.54, 1.807) is 12.3 Å². The number of anilines is 1. The van der Waals surface area contributed by atoms with Gasteiger partial charge in [-0.25, -0.2) is 9.37 Å². The summed E-state index contributed by atoms with van der Waals surface area (Å²) in [5, 5.41) is 6.56. The van der Waals surface area contributed by atoms with Gasteiger partial charge < -0.3 is 10.6 Å². The van der Waals surface area contributed by atoms with Gasteiger partial charge in [0.1, 0.15) is 0 Å². The van der Waals surface area contributed by atoms with Gasteiger partial charge in [-0.1, -0.05) is 25.7 Å². The molecule has 1 aromatic rings. The lowest BCUT2D eigenvalue weighted by Crippen LogP contribution is -2.32. The molecule has 1 aromatic heterocycles. The topological polar surface area (TPSA) is 37.0 Å². The molecule has 0 aromatic carbocycles. The lowest BCUT2D eigenvalue weighted by molar-refractivity contribution is 0.468. The van der Waals surface area contributed by atoms with Crippen molar-refractivity contribution >= 4 is 5.82 Å². The minimum absolute atomic E-state index is 0.285. The normalized spacial score (nSPS) is 17.4. The Bertz CT molecular complexity index is 349. The monoisotopic (exact) mass is 251 g/mol. The summed E-state index contributed by atoms with van der Waals surface area (Å²) in [5.41, 5.74) is 0. The van der Waals surface area contributed by atoms with Crippen molar-refractivity contribution in [3.63, 3.8) is 0 Å². The zero-order valence-corrected chi connectivity index (χ0v) is 10.8. The molecule has 0 bridgehead atoms. The van der Waals surface area contributed by atoms with Gasteiger partial charge in [-0.3, -0.25) is 0 Å². The van der Waals surface area contributed by atoms with E-state index in [4.69, 9.17) is 0 Å². The molecule has 0 saturated heterocycles. The first kappa shape index (κ1) is 13.3. The minimum atomic E-state index is -0.285. The quantitative estimate of drug-likeness (QED) is 0.624. The Morgan fingerprint density at radius 1 is 1.17 bits per heavy atom. The highest BCUT2D eigenvalue weighted by atomic mass is 19.1. The zero-order chi connectivity index (χ0) is 12.6. The van der Waals surface area contributed by atoms with Gasteiger partial charge in [0.25, 0.3) is 0 Å². The second-order valence-corrected chi connectivity index (χ2v) is 4.90. The van der Waals surface area contributed by atoms with Gasteiger partial charge in [0, 0.05) is 25.3 Å². The van der Waals surface area contributed by atoms with Crippen LogP contribution in [0, 0.1) is 5.82 Å². The van der Waals surface area contributed by atoms with Crippen molar-refractivity contribution in [1.82, 2.24) is 10.3 Å². The summed E-state index contributed by atoms with van der Waals surface area (Å²) in [4.78, 5) is 3.96. The molecule has 18 heavy (non-hydrogen) atoms. The molecule has 0 unspecified atom stereocenters. The summed E-state index contributed by atoms with van der Waals surface area (Å²) < 4.78 is 13.3. The fourth-order valence-corrected chi connectivity index (χ4v) is 2.46. The van der Waals surface area contributed by atoms with Crippen molar-refractivity contribution in [2.45, 2.75) is 44.6 Å². The highest BCUT2D eigenvalue weighted by Gasteiger charge is 2.10. The molecule has 4 heteroatoms. The molecule has 2 rings (SSSR count). The van der Waals surface area contributed by atoms with Crippen LogP contribution in [-0.4, -0.2) is 24.1 Å². The number of rotatable bonds is 5. The van der Waals surface area contributed by atoms with Gasteiger partial charge >= 0.3 is 0 Å². The molecule has 2 N–H and O–H groups in total. The predicted octanol–water partition coefficient (Wildman–Crippen LogP) is 2.95. The van der Waals surface area contributed by atoms with Crippen LogP contribution >= 0.6 is 0 Å². The predicted molar refractivity (Wildman–Crippen MR) is 72.2 cm³/mol. The summed E-state index contributed by atoms with van der Waals surface area (Å²) in [5.74, 6) is 0.0622. The molecule has 100 valence electrons. The smallest absolute Gasteiger partial charge is 0.165 e. The van der Waals surface area contributed by atoms with E-state index in [2.05, 4.69) is 15.6 Å². The first-order valence-corrected chi connectivity index (χ1v) is 6.94. The SMILES string of the molecule is Fc1cccnc1NCCNC1CCCCCC1. The molecule has 0 atom stereocenters. The maximum absolute atomic E-state index is 13.3. The van der Waals surface area contributed by atoms with E-state index in [-0.39, 0.29) is 5.82 Å². The molecule has 3 nitrogen and oxygen atoms in total. The molecule has 0 radical (unpaired) electrons. The van der Waals surface area contributed by atoms with Gasteiger partial charge in [-0.05, 0) is 25.0 Å². The second-order valence-electron chi connectivity index (χ2n) is 4.90. The van der Waals surface area contributed by atoms with Crippen LogP contribution in [0.15, 0.2) is 18.3 Å². The van der Waals surface area contributed by atoms with E-state index in [1.165, 1.54) is 44.6 Å². The number of pyridine rings is 1. The van der Waals surface area contributed by atoms with E-state index >= 15 is 0 Å². The number of nitrogens with one attached hydrogen (secondary N) is 2. The third-order valence-corrected chi connectivity index (χ3v) is 3.46. The van der Waals surface area contributed by atoms with Gasteiger partial charge in [-0.15, -0.1) is 0 Å².